The third-order valence-electron chi connectivity index (χ3n) is 3.18. The molecule has 2 N–H and O–H groups in total. The van der Waals surface area contributed by atoms with Gasteiger partial charge in [0.1, 0.15) is 5.82 Å². The number of ether oxygens (including phenoxy) is 1. The molecule has 1 aliphatic heterocycles. The minimum Gasteiger partial charge on any atom is -0.478 e. The van der Waals surface area contributed by atoms with E-state index in [1.807, 2.05) is 25.1 Å². The van der Waals surface area contributed by atoms with E-state index < -0.39 is 0 Å². The number of anilines is 1. The lowest BCUT2D eigenvalue weighted by Crippen LogP contribution is -2.44. The predicted octanol–water partition coefficient (Wildman–Crippen LogP) is 1.19. The Morgan fingerprint density at radius 2 is 2.21 bits per heavy atom. The minimum absolute atomic E-state index is 0.652. The van der Waals surface area contributed by atoms with Crippen LogP contribution >= 0.6 is 0 Å². The summed E-state index contributed by atoms with van der Waals surface area (Å²) in [5.74, 6) is 1.58. The van der Waals surface area contributed by atoms with Gasteiger partial charge in [0.05, 0.1) is 6.61 Å². The third kappa shape index (κ3) is 5.04. The summed E-state index contributed by atoms with van der Waals surface area (Å²) < 4.78 is 5.38. The minimum atomic E-state index is 0.652. The fourth-order valence-corrected chi connectivity index (χ4v) is 2.20. The number of rotatable bonds is 7. The number of pyridine rings is 1. The summed E-state index contributed by atoms with van der Waals surface area (Å²) in [6.07, 6.45) is 1.14. The highest BCUT2D eigenvalue weighted by Crippen LogP contribution is 2.11. The molecule has 0 bridgehead atoms. The number of hydrogen-bond acceptors (Lipinski definition) is 5. The van der Waals surface area contributed by atoms with Crippen molar-refractivity contribution in [1.82, 2.24) is 15.2 Å². The van der Waals surface area contributed by atoms with Crippen LogP contribution < -0.4 is 15.4 Å². The van der Waals surface area contributed by atoms with Crippen molar-refractivity contribution in [3.05, 3.63) is 18.2 Å². The first-order valence-corrected chi connectivity index (χ1v) is 7.15. The zero-order valence-corrected chi connectivity index (χ0v) is 11.7. The number of piperazine rings is 1. The second-order valence-electron chi connectivity index (χ2n) is 4.67. The molecule has 0 radical (unpaired) electrons. The number of aromatic nitrogens is 1. The Labute approximate surface area is 115 Å². The molecule has 1 aromatic heterocycles. The average molecular weight is 264 g/mol. The zero-order chi connectivity index (χ0) is 13.3. The van der Waals surface area contributed by atoms with Crippen molar-refractivity contribution in [2.24, 2.45) is 0 Å². The monoisotopic (exact) mass is 264 g/mol. The van der Waals surface area contributed by atoms with Gasteiger partial charge in [-0.3, -0.25) is 0 Å². The Morgan fingerprint density at radius 1 is 1.37 bits per heavy atom. The van der Waals surface area contributed by atoms with Crippen molar-refractivity contribution in [2.75, 3.05) is 51.2 Å². The summed E-state index contributed by atoms with van der Waals surface area (Å²) in [6.45, 7) is 9.29. The van der Waals surface area contributed by atoms with Gasteiger partial charge in [-0.25, -0.2) is 0 Å². The van der Waals surface area contributed by atoms with Gasteiger partial charge in [-0.1, -0.05) is 6.07 Å². The van der Waals surface area contributed by atoms with Crippen LogP contribution in [0.1, 0.15) is 13.3 Å². The smallest absolute Gasteiger partial charge is 0.215 e. The summed E-state index contributed by atoms with van der Waals surface area (Å²) >= 11 is 0. The van der Waals surface area contributed by atoms with Gasteiger partial charge < -0.3 is 20.3 Å². The molecule has 0 amide bonds. The quantitative estimate of drug-likeness (QED) is 0.725. The van der Waals surface area contributed by atoms with Crippen molar-refractivity contribution < 1.29 is 4.74 Å². The van der Waals surface area contributed by atoms with Crippen molar-refractivity contribution in [3.63, 3.8) is 0 Å². The molecule has 1 fully saturated rings. The van der Waals surface area contributed by atoms with Crippen LogP contribution in [0, 0.1) is 0 Å². The number of nitrogens with zero attached hydrogens (tertiary/aromatic N) is 2. The molecule has 1 saturated heterocycles. The Kier molecular flexibility index (Phi) is 5.91. The van der Waals surface area contributed by atoms with Gasteiger partial charge in [0, 0.05) is 38.8 Å². The Morgan fingerprint density at radius 3 is 3.00 bits per heavy atom. The predicted molar refractivity (Wildman–Crippen MR) is 77.8 cm³/mol. The maximum absolute atomic E-state index is 5.38. The molecule has 5 nitrogen and oxygen atoms in total. The highest BCUT2D eigenvalue weighted by Gasteiger charge is 2.08. The molecule has 19 heavy (non-hydrogen) atoms. The Hall–Kier alpha value is -1.33. The molecule has 0 unspecified atom stereocenters. The number of nitrogens with one attached hydrogen (secondary N) is 2. The lowest BCUT2D eigenvalue weighted by Gasteiger charge is -2.27. The summed E-state index contributed by atoms with van der Waals surface area (Å²) in [4.78, 5) is 6.89. The molecule has 2 rings (SSSR count). The maximum Gasteiger partial charge on any atom is 0.215 e. The molecule has 0 atom stereocenters. The molecule has 0 aliphatic carbocycles. The lowest BCUT2D eigenvalue weighted by molar-refractivity contribution is 0.240. The van der Waals surface area contributed by atoms with Crippen LogP contribution in [0.5, 0.6) is 5.88 Å². The van der Waals surface area contributed by atoms with E-state index in [0.717, 1.165) is 51.5 Å². The molecule has 0 saturated carbocycles. The van der Waals surface area contributed by atoms with Crippen molar-refractivity contribution in [3.8, 4) is 5.88 Å². The van der Waals surface area contributed by atoms with Crippen LogP contribution in [0.25, 0.3) is 0 Å². The summed E-state index contributed by atoms with van der Waals surface area (Å²) in [6, 6.07) is 5.83. The molecule has 5 heteroatoms. The summed E-state index contributed by atoms with van der Waals surface area (Å²) in [7, 11) is 0. The average Bonchev–Trinajstić information content (AvgIpc) is 2.46. The van der Waals surface area contributed by atoms with E-state index in [-0.39, 0.29) is 0 Å². The molecule has 106 valence electrons. The fraction of sp³-hybridized carbons (Fsp3) is 0.643. The van der Waals surface area contributed by atoms with E-state index in [2.05, 4.69) is 20.5 Å². The SMILES string of the molecule is CCOc1cccc(NCCCN2CCNCC2)n1. The van der Waals surface area contributed by atoms with Gasteiger partial charge in [0.15, 0.2) is 0 Å². The largest absolute Gasteiger partial charge is 0.478 e. The third-order valence-corrected chi connectivity index (χ3v) is 3.18. The van der Waals surface area contributed by atoms with Crippen LogP contribution in [0.3, 0.4) is 0 Å². The normalized spacial score (nSPS) is 16.3. The van der Waals surface area contributed by atoms with E-state index >= 15 is 0 Å². The van der Waals surface area contributed by atoms with E-state index in [0.29, 0.717) is 12.5 Å². The van der Waals surface area contributed by atoms with E-state index in [1.165, 1.54) is 0 Å². The second kappa shape index (κ2) is 7.96. The van der Waals surface area contributed by atoms with Crippen molar-refractivity contribution in [1.29, 1.82) is 0 Å². The first-order valence-electron chi connectivity index (χ1n) is 7.15. The topological polar surface area (TPSA) is 49.4 Å². The van der Waals surface area contributed by atoms with Crippen LogP contribution in [-0.2, 0) is 0 Å². The van der Waals surface area contributed by atoms with E-state index in [9.17, 15) is 0 Å². The summed E-state index contributed by atoms with van der Waals surface area (Å²) in [5, 5.41) is 6.72. The first kappa shape index (κ1) is 14.1. The van der Waals surface area contributed by atoms with Crippen LogP contribution in [0.4, 0.5) is 5.82 Å². The molecule has 0 spiro atoms. The zero-order valence-electron chi connectivity index (χ0n) is 11.7. The van der Waals surface area contributed by atoms with Crippen molar-refractivity contribution in [2.45, 2.75) is 13.3 Å². The fourth-order valence-electron chi connectivity index (χ4n) is 2.20. The molecule has 2 heterocycles. The van der Waals surface area contributed by atoms with E-state index in [1.54, 1.807) is 0 Å². The van der Waals surface area contributed by atoms with Gasteiger partial charge in [0.25, 0.3) is 0 Å². The highest BCUT2D eigenvalue weighted by molar-refractivity contribution is 5.36. The van der Waals surface area contributed by atoms with Gasteiger partial charge in [0.2, 0.25) is 5.88 Å². The van der Waals surface area contributed by atoms with E-state index in [4.69, 9.17) is 4.74 Å². The molecule has 1 aromatic rings. The van der Waals surface area contributed by atoms with Crippen molar-refractivity contribution >= 4 is 5.82 Å². The van der Waals surface area contributed by atoms with Gasteiger partial charge in [-0.2, -0.15) is 4.98 Å². The highest BCUT2D eigenvalue weighted by atomic mass is 16.5. The van der Waals surface area contributed by atoms with Crippen LogP contribution in [0.2, 0.25) is 0 Å². The second-order valence-corrected chi connectivity index (χ2v) is 4.67. The van der Waals surface area contributed by atoms with Crippen LogP contribution in [0.15, 0.2) is 18.2 Å². The molecule has 1 aliphatic rings. The first-order chi connectivity index (χ1) is 9.38. The molecule has 0 aromatic carbocycles. The molecular formula is C14H24N4O. The Balaban J connectivity index is 1.65. The lowest BCUT2D eigenvalue weighted by atomic mass is 10.3. The van der Waals surface area contributed by atoms with Gasteiger partial charge in [-0.05, 0) is 26.0 Å². The van der Waals surface area contributed by atoms with Crippen LogP contribution in [-0.4, -0.2) is 55.8 Å². The Bertz CT molecular complexity index is 366. The summed E-state index contributed by atoms with van der Waals surface area (Å²) in [5.41, 5.74) is 0. The standard InChI is InChI=1S/C14H24N4O/c1-2-19-14-6-3-5-13(17-14)16-7-4-10-18-11-8-15-9-12-18/h3,5-6,15H,2,4,7-12H2,1H3,(H,16,17). The molecular weight excluding hydrogens is 240 g/mol. The van der Waals surface area contributed by atoms with Gasteiger partial charge >= 0.3 is 0 Å². The maximum atomic E-state index is 5.38. The van der Waals surface area contributed by atoms with Gasteiger partial charge in [-0.15, -0.1) is 0 Å². The number of hydrogen-bond donors (Lipinski definition) is 2.